The van der Waals surface area contributed by atoms with Crippen LogP contribution in [0.1, 0.15) is 13.3 Å². The fourth-order valence-corrected chi connectivity index (χ4v) is 3.12. The molecule has 1 unspecified atom stereocenters. The Morgan fingerprint density at radius 3 is 2.50 bits per heavy atom. The van der Waals surface area contributed by atoms with Gasteiger partial charge in [0.25, 0.3) is 11.8 Å². The number of nitrogens with zero attached hydrogens (tertiary/aromatic N) is 2. The zero-order valence-electron chi connectivity index (χ0n) is 16.1. The molecular formula is C19H31N4O3+. The minimum Gasteiger partial charge on any atom is -0.495 e. The first kappa shape index (κ1) is 20.0. The van der Waals surface area contributed by atoms with E-state index in [1.807, 2.05) is 43.1 Å². The topological polar surface area (TPSA) is 66.3 Å². The Balaban J connectivity index is 1.80. The summed E-state index contributed by atoms with van der Waals surface area (Å²) in [4.78, 5) is 29.3. The van der Waals surface area contributed by atoms with Gasteiger partial charge in [-0.2, -0.15) is 0 Å². The van der Waals surface area contributed by atoms with Gasteiger partial charge in [-0.1, -0.05) is 19.1 Å². The molecule has 1 aromatic rings. The zero-order chi connectivity index (χ0) is 18.9. The van der Waals surface area contributed by atoms with Crippen LogP contribution in [0.3, 0.4) is 0 Å². The fourth-order valence-electron chi connectivity index (χ4n) is 3.12. The molecule has 7 nitrogen and oxygen atoms in total. The number of hydrogen-bond acceptors (Lipinski definition) is 4. The summed E-state index contributed by atoms with van der Waals surface area (Å²) in [6.07, 6.45) is 0.917. The van der Waals surface area contributed by atoms with Gasteiger partial charge in [-0.15, -0.1) is 0 Å². The molecule has 0 radical (unpaired) electrons. The molecule has 7 heteroatoms. The molecule has 1 aromatic carbocycles. The van der Waals surface area contributed by atoms with E-state index in [9.17, 15) is 9.59 Å². The summed E-state index contributed by atoms with van der Waals surface area (Å²) in [6, 6.07) is 7.95. The first-order valence-corrected chi connectivity index (χ1v) is 9.28. The van der Waals surface area contributed by atoms with Gasteiger partial charge in [0.15, 0.2) is 13.1 Å². The largest absolute Gasteiger partial charge is 0.495 e. The average Bonchev–Trinajstić information content (AvgIpc) is 2.66. The van der Waals surface area contributed by atoms with Crippen molar-refractivity contribution in [3.8, 4) is 5.75 Å². The molecule has 2 amide bonds. The van der Waals surface area contributed by atoms with Crippen LogP contribution in [0.5, 0.6) is 5.75 Å². The van der Waals surface area contributed by atoms with Crippen molar-refractivity contribution in [2.24, 2.45) is 0 Å². The third-order valence-electron chi connectivity index (χ3n) is 4.55. The van der Waals surface area contributed by atoms with Crippen molar-refractivity contribution >= 4 is 17.5 Å². The molecule has 144 valence electrons. The number of carbonyl (C=O) groups is 2. The van der Waals surface area contributed by atoms with E-state index >= 15 is 0 Å². The van der Waals surface area contributed by atoms with Crippen LogP contribution in [0.2, 0.25) is 0 Å². The van der Waals surface area contributed by atoms with Crippen molar-refractivity contribution < 1.29 is 19.2 Å². The van der Waals surface area contributed by atoms with E-state index < -0.39 is 0 Å². The lowest BCUT2D eigenvalue weighted by Crippen LogP contribution is -3.11. The molecule has 2 N–H and O–H groups in total. The number of quaternary nitrogens is 1. The van der Waals surface area contributed by atoms with E-state index in [1.54, 1.807) is 7.11 Å². The number of para-hydroxylation sites is 2. The summed E-state index contributed by atoms with van der Waals surface area (Å²) in [6.45, 7) is 6.31. The number of likely N-dealkylation sites (N-methyl/N-ethyl adjacent to an activating group) is 1. The van der Waals surface area contributed by atoms with Crippen molar-refractivity contribution in [1.29, 1.82) is 0 Å². The lowest BCUT2D eigenvalue weighted by atomic mass is 10.2. The van der Waals surface area contributed by atoms with Gasteiger partial charge < -0.3 is 24.8 Å². The molecule has 1 heterocycles. The van der Waals surface area contributed by atoms with Crippen molar-refractivity contribution in [2.75, 3.05) is 64.9 Å². The number of nitrogens with one attached hydrogen (secondary N) is 2. The highest BCUT2D eigenvalue weighted by atomic mass is 16.5. The Morgan fingerprint density at radius 1 is 1.15 bits per heavy atom. The number of carbonyl (C=O) groups excluding carboxylic acids is 2. The van der Waals surface area contributed by atoms with Crippen LogP contribution in [0.25, 0.3) is 0 Å². The van der Waals surface area contributed by atoms with E-state index in [-0.39, 0.29) is 11.8 Å². The van der Waals surface area contributed by atoms with E-state index in [4.69, 9.17) is 4.74 Å². The summed E-state index contributed by atoms with van der Waals surface area (Å²) in [5, 5.41) is 2.85. The Hall–Kier alpha value is -2.28. The van der Waals surface area contributed by atoms with Crippen LogP contribution >= 0.6 is 0 Å². The normalized spacial score (nSPS) is 15.5. The van der Waals surface area contributed by atoms with Gasteiger partial charge in [0.1, 0.15) is 5.75 Å². The highest BCUT2D eigenvalue weighted by Gasteiger charge is 2.25. The third-order valence-corrected chi connectivity index (χ3v) is 4.55. The van der Waals surface area contributed by atoms with E-state index in [0.717, 1.165) is 35.8 Å². The first-order chi connectivity index (χ1) is 12.5. The molecule has 26 heavy (non-hydrogen) atoms. The number of ether oxygens (including phenoxy) is 1. The number of amides is 2. The van der Waals surface area contributed by atoms with Crippen molar-refractivity contribution in [3.05, 3.63) is 24.3 Å². The maximum atomic E-state index is 12.5. The molecule has 2 rings (SSSR count). The lowest BCUT2D eigenvalue weighted by molar-refractivity contribution is -0.863. The number of benzene rings is 1. The monoisotopic (exact) mass is 363 g/mol. The number of piperazine rings is 1. The molecule has 1 saturated heterocycles. The summed E-state index contributed by atoms with van der Waals surface area (Å²) >= 11 is 0. The summed E-state index contributed by atoms with van der Waals surface area (Å²) in [7, 11) is 3.56. The fraction of sp³-hybridized carbons (Fsp3) is 0.579. The summed E-state index contributed by atoms with van der Waals surface area (Å²) in [5.41, 5.74) is 1.07. The molecule has 0 saturated carbocycles. The lowest BCUT2D eigenvalue weighted by Gasteiger charge is -2.36. The SMILES string of the molecule is CCCNC(=O)C[NH+](C)CC(=O)N1CCN(c2ccccc2OC)CC1. The second-order valence-electron chi connectivity index (χ2n) is 6.70. The Morgan fingerprint density at radius 2 is 1.85 bits per heavy atom. The quantitative estimate of drug-likeness (QED) is 0.646. The predicted molar refractivity (Wildman–Crippen MR) is 102 cm³/mol. The van der Waals surface area contributed by atoms with Crippen LogP contribution in [-0.4, -0.2) is 76.7 Å². The van der Waals surface area contributed by atoms with Gasteiger partial charge in [0, 0.05) is 32.7 Å². The van der Waals surface area contributed by atoms with Gasteiger partial charge in [-0.3, -0.25) is 9.59 Å². The molecule has 1 fully saturated rings. The van der Waals surface area contributed by atoms with Crippen molar-refractivity contribution in [3.63, 3.8) is 0 Å². The van der Waals surface area contributed by atoms with Crippen LogP contribution in [0, 0.1) is 0 Å². The molecule has 1 aliphatic heterocycles. The van der Waals surface area contributed by atoms with Crippen molar-refractivity contribution in [2.45, 2.75) is 13.3 Å². The maximum absolute atomic E-state index is 12.5. The second-order valence-corrected chi connectivity index (χ2v) is 6.70. The number of anilines is 1. The Labute approximate surface area is 155 Å². The summed E-state index contributed by atoms with van der Waals surface area (Å²) < 4.78 is 5.43. The van der Waals surface area contributed by atoms with Crippen LogP contribution in [-0.2, 0) is 9.59 Å². The third kappa shape index (κ3) is 5.62. The average molecular weight is 363 g/mol. The van der Waals surface area contributed by atoms with E-state index in [1.165, 1.54) is 0 Å². The van der Waals surface area contributed by atoms with Gasteiger partial charge >= 0.3 is 0 Å². The first-order valence-electron chi connectivity index (χ1n) is 9.28. The van der Waals surface area contributed by atoms with Crippen LogP contribution in [0.4, 0.5) is 5.69 Å². The van der Waals surface area contributed by atoms with Gasteiger partial charge in [-0.25, -0.2) is 0 Å². The predicted octanol–water partition coefficient (Wildman–Crippen LogP) is -0.615. The van der Waals surface area contributed by atoms with Crippen LogP contribution < -0.4 is 19.9 Å². The Bertz CT molecular complexity index is 600. The second kappa shape index (κ2) is 10.0. The summed E-state index contributed by atoms with van der Waals surface area (Å²) in [5.74, 6) is 0.957. The van der Waals surface area contributed by atoms with Crippen LogP contribution in [0.15, 0.2) is 24.3 Å². The van der Waals surface area contributed by atoms with E-state index in [2.05, 4.69) is 10.2 Å². The standard InChI is InChI=1S/C19H30N4O3/c1-4-9-20-18(24)14-21(2)15-19(25)23-12-10-22(11-13-23)16-7-5-6-8-17(16)26-3/h5-8H,4,9-15H2,1-3H3,(H,20,24)/p+1. The molecule has 1 aliphatic rings. The van der Waals surface area contributed by atoms with Gasteiger partial charge in [0.2, 0.25) is 0 Å². The Kier molecular flexibility index (Phi) is 7.72. The molecule has 0 bridgehead atoms. The highest BCUT2D eigenvalue weighted by molar-refractivity contribution is 5.79. The minimum atomic E-state index is -0.00172. The molecule has 0 aromatic heterocycles. The number of methoxy groups -OCH3 is 1. The smallest absolute Gasteiger partial charge is 0.277 e. The zero-order valence-corrected chi connectivity index (χ0v) is 16.1. The maximum Gasteiger partial charge on any atom is 0.277 e. The van der Waals surface area contributed by atoms with Crippen molar-refractivity contribution in [1.82, 2.24) is 10.2 Å². The number of rotatable bonds is 8. The molecule has 0 aliphatic carbocycles. The van der Waals surface area contributed by atoms with Gasteiger partial charge in [0.05, 0.1) is 19.8 Å². The molecule has 0 spiro atoms. The molecule has 1 atom stereocenters. The highest BCUT2D eigenvalue weighted by Crippen LogP contribution is 2.28. The molecular weight excluding hydrogens is 332 g/mol. The van der Waals surface area contributed by atoms with Gasteiger partial charge in [-0.05, 0) is 18.6 Å². The minimum absolute atomic E-state index is 0.00172. The van der Waals surface area contributed by atoms with E-state index in [0.29, 0.717) is 32.7 Å². The number of hydrogen-bond donors (Lipinski definition) is 2.